The highest BCUT2D eigenvalue weighted by Crippen LogP contribution is 2.22. The molecule has 1 aliphatic heterocycles. The van der Waals surface area contributed by atoms with Crippen molar-refractivity contribution in [3.63, 3.8) is 0 Å². The molecule has 0 spiro atoms. The van der Waals surface area contributed by atoms with E-state index in [4.69, 9.17) is 0 Å². The molecule has 9 heavy (non-hydrogen) atoms. The molecule has 0 saturated carbocycles. The second-order valence-electron chi connectivity index (χ2n) is 3.19. The Hall–Kier alpha value is -0.0800. The molecule has 1 fully saturated rings. The highest BCUT2D eigenvalue weighted by molar-refractivity contribution is 4.89. The summed E-state index contributed by atoms with van der Waals surface area (Å²) in [6.45, 7) is 5.86. The Balaban J connectivity index is 2.51. The predicted octanol–water partition coefficient (Wildman–Crippen LogP) is 0.367. The van der Waals surface area contributed by atoms with E-state index in [1.165, 1.54) is 0 Å². The van der Waals surface area contributed by atoms with Crippen molar-refractivity contribution in [2.45, 2.75) is 25.9 Å². The second kappa shape index (κ2) is 2.27. The van der Waals surface area contributed by atoms with Crippen molar-refractivity contribution in [2.75, 3.05) is 13.1 Å². The lowest BCUT2D eigenvalue weighted by Crippen LogP contribution is -2.36. The molecule has 2 heteroatoms. The Morgan fingerprint density at radius 3 is 2.44 bits per heavy atom. The van der Waals surface area contributed by atoms with E-state index in [0.717, 1.165) is 19.5 Å². The molecule has 1 saturated heterocycles. The Bertz CT molecular complexity index is 95.1. The van der Waals surface area contributed by atoms with Crippen molar-refractivity contribution < 1.29 is 5.11 Å². The summed E-state index contributed by atoms with van der Waals surface area (Å²) in [6.07, 6.45) is 0.907. The van der Waals surface area contributed by atoms with Gasteiger partial charge in [-0.2, -0.15) is 0 Å². The SMILES string of the molecule is CC(C)C1(O)CCNC1. The van der Waals surface area contributed by atoms with Crippen LogP contribution in [0.1, 0.15) is 20.3 Å². The van der Waals surface area contributed by atoms with E-state index in [-0.39, 0.29) is 0 Å². The van der Waals surface area contributed by atoms with Crippen LogP contribution in [-0.4, -0.2) is 23.8 Å². The first kappa shape index (κ1) is 7.03. The molecular formula is C7H15NO. The normalized spacial score (nSPS) is 36.0. The van der Waals surface area contributed by atoms with Crippen LogP contribution in [0.5, 0.6) is 0 Å². The lowest BCUT2D eigenvalue weighted by atomic mass is 9.90. The maximum Gasteiger partial charge on any atom is 0.0806 e. The average molecular weight is 129 g/mol. The van der Waals surface area contributed by atoms with Crippen LogP contribution in [0.3, 0.4) is 0 Å². The maximum atomic E-state index is 9.71. The Labute approximate surface area is 56.3 Å². The monoisotopic (exact) mass is 129 g/mol. The molecule has 0 aromatic heterocycles. The predicted molar refractivity (Wildman–Crippen MR) is 37.3 cm³/mol. The van der Waals surface area contributed by atoms with Gasteiger partial charge < -0.3 is 10.4 Å². The van der Waals surface area contributed by atoms with Crippen molar-refractivity contribution in [3.05, 3.63) is 0 Å². The average Bonchev–Trinajstić information content (AvgIpc) is 2.16. The number of hydrogen-bond donors (Lipinski definition) is 2. The molecule has 0 bridgehead atoms. The summed E-state index contributed by atoms with van der Waals surface area (Å²) in [5.74, 6) is 0.382. The summed E-state index contributed by atoms with van der Waals surface area (Å²) < 4.78 is 0. The number of aliphatic hydroxyl groups is 1. The minimum atomic E-state index is -0.417. The van der Waals surface area contributed by atoms with Crippen LogP contribution in [0.25, 0.3) is 0 Å². The summed E-state index contributed by atoms with van der Waals surface area (Å²) in [5.41, 5.74) is -0.417. The fraction of sp³-hybridized carbons (Fsp3) is 1.00. The smallest absolute Gasteiger partial charge is 0.0806 e. The fourth-order valence-corrected chi connectivity index (χ4v) is 1.19. The van der Waals surface area contributed by atoms with E-state index in [2.05, 4.69) is 19.2 Å². The molecule has 1 unspecified atom stereocenters. The van der Waals surface area contributed by atoms with Gasteiger partial charge in [-0.15, -0.1) is 0 Å². The summed E-state index contributed by atoms with van der Waals surface area (Å²) in [5, 5.41) is 12.9. The first-order valence-corrected chi connectivity index (χ1v) is 3.58. The zero-order valence-corrected chi connectivity index (χ0v) is 6.15. The van der Waals surface area contributed by atoms with Crippen LogP contribution in [0.4, 0.5) is 0 Å². The Morgan fingerprint density at radius 2 is 2.22 bits per heavy atom. The maximum absolute atomic E-state index is 9.71. The van der Waals surface area contributed by atoms with E-state index in [1.807, 2.05) is 0 Å². The van der Waals surface area contributed by atoms with Crippen LogP contribution in [-0.2, 0) is 0 Å². The van der Waals surface area contributed by atoms with E-state index in [0.29, 0.717) is 5.92 Å². The van der Waals surface area contributed by atoms with Gasteiger partial charge in [-0.1, -0.05) is 13.8 Å². The van der Waals surface area contributed by atoms with Crippen molar-refractivity contribution in [1.29, 1.82) is 0 Å². The molecule has 1 aliphatic rings. The molecular weight excluding hydrogens is 114 g/mol. The molecule has 2 N–H and O–H groups in total. The van der Waals surface area contributed by atoms with Crippen LogP contribution in [0, 0.1) is 5.92 Å². The number of β-amino-alcohol motifs (C(OH)–C–C–N with tert-alkyl or cyclic N) is 1. The highest BCUT2D eigenvalue weighted by Gasteiger charge is 2.33. The lowest BCUT2D eigenvalue weighted by Gasteiger charge is -2.25. The summed E-state index contributed by atoms with van der Waals surface area (Å²) >= 11 is 0. The molecule has 0 amide bonds. The molecule has 0 aromatic rings. The lowest BCUT2D eigenvalue weighted by molar-refractivity contribution is 0.0150. The molecule has 2 nitrogen and oxygen atoms in total. The molecule has 0 aliphatic carbocycles. The van der Waals surface area contributed by atoms with Gasteiger partial charge in [0.25, 0.3) is 0 Å². The molecule has 0 radical (unpaired) electrons. The third kappa shape index (κ3) is 1.25. The first-order chi connectivity index (χ1) is 4.15. The standard InChI is InChI=1S/C7H15NO/c1-6(2)7(9)3-4-8-5-7/h6,8-9H,3-5H2,1-2H3. The molecule has 1 atom stereocenters. The van der Waals surface area contributed by atoms with Gasteiger partial charge in [-0.25, -0.2) is 0 Å². The number of nitrogens with one attached hydrogen (secondary N) is 1. The minimum absolute atomic E-state index is 0.382. The third-order valence-corrected chi connectivity index (χ3v) is 2.24. The van der Waals surface area contributed by atoms with Crippen molar-refractivity contribution in [1.82, 2.24) is 5.32 Å². The second-order valence-corrected chi connectivity index (χ2v) is 3.19. The zero-order valence-electron chi connectivity index (χ0n) is 6.15. The summed E-state index contributed by atoms with van der Waals surface area (Å²) in [4.78, 5) is 0. The van der Waals surface area contributed by atoms with Crippen LogP contribution in [0.15, 0.2) is 0 Å². The van der Waals surface area contributed by atoms with Crippen molar-refractivity contribution in [3.8, 4) is 0 Å². The Morgan fingerprint density at radius 1 is 1.56 bits per heavy atom. The first-order valence-electron chi connectivity index (χ1n) is 3.58. The molecule has 54 valence electrons. The van der Waals surface area contributed by atoms with E-state index >= 15 is 0 Å². The third-order valence-electron chi connectivity index (χ3n) is 2.24. The van der Waals surface area contributed by atoms with Gasteiger partial charge in [0.1, 0.15) is 0 Å². The quantitative estimate of drug-likeness (QED) is 0.536. The van der Waals surface area contributed by atoms with Gasteiger partial charge >= 0.3 is 0 Å². The Kier molecular flexibility index (Phi) is 1.78. The van der Waals surface area contributed by atoms with Crippen LogP contribution >= 0.6 is 0 Å². The van der Waals surface area contributed by atoms with E-state index < -0.39 is 5.60 Å². The largest absolute Gasteiger partial charge is 0.388 e. The van der Waals surface area contributed by atoms with Gasteiger partial charge in [-0.3, -0.25) is 0 Å². The minimum Gasteiger partial charge on any atom is -0.388 e. The van der Waals surface area contributed by atoms with Gasteiger partial charge in [0.15, 0.2) is 0 Å². The highest BCUT2D eigenvalue weighted by atomic mass is 16.3. The van der Waals surface area contributed by atoms with Crippen molar-refractivity contribution >= 4 is 0 Å². The van der Waals surface area contributed by atoms with E-state index in [9.17, 15) is 5.11 Å². The van der Waals surface area contributed by atoms with Crippen LogP contribution in [0.2, 0.25) is 0 Å². The van der Waals surface area contributed by atoms with Gasteiger partial charge in [0.05, 0.1) is 5.60 Å². The molecule has 0 aromatic carbocycles. The van der Waals surface area contributed by atoms with Crippen molar-refractivity contribution in [2.24, 2.45) is 5.92 Å². The molecule has 1 heterocycles. The number of hydrogen-bond acceptors (Lipinski definition) is 2. The molecule has 1 rings (SSSR count). The summed E-state index contributed by atoms with van der Waals surface area (Å²) in [6, 6.07) is 0. The van der Waals surface area contributed by atoms with Gasteiger partial charge in [0.2, 0.25) is 0 Å². The topological polar surface area (TPSA) is 32.3 Å². The fourth-order valence-electron chi connectivity index (χ4n) is 1.19. The van der Waals surface area contributed by atoms with Crippen LogP contribution < -0.4 is 5.32 Å². The zero-order chi connectivity index (χ0) is 6.91. The summed E-state index contributed by atoms with van der Waals surface area (Å²) in [7, 11) is 0. The van der Waals surface area contributed by atoms with E-state index in [1.54, 1.807) is 0 Å². The van der Waals surface area contributed by atoms with Gasteiger partial charge in [-0.05, 0) is 18.9 Å². The number of rotatable bonds is 1. The van der Waals surface area contributed by atoms with Gasteiger partial charge in [0, 0.05) is 6.54 Å².